The molecule has 1 N–H and O–H groups in total. The predicted octanol–water partition coefficient (Wildman–Crippen LogP) is 8.34. The summed E-state index contributed by atoms with van der Waals surface area (Å²) in [7, 11) is 1.70. The second-order valence-corrected chi connectivity index (χ2v) is 14.4. The second-order valence-electron chi connectivity index (χ2n) is 14.4. The highest BCUT2D eigenvalue weighted by Crippen LogP contribution is 2.66. The van der Waals surface area contributed by atoms with Crippen LogP contribution < -0.4 is 0 Å². The van der Waals surface area contributed by atoms with E-state index in [0.29, 0.717) is 29.2 Å². The Labute approximate surface area is 236 Å². The first kappa shape index (κ1) is 28.9. The summed E-state index contributed by atoms with van der Waals surface area (Å²) in [5.74, 6) is 1.81. The maximum absolute atomic E-state index is 13.0. The summed E-state index contributed by atoms with van der Waals surface area (Å²) in [5, 5.41) is 11.5. The molecular weight excluding hydrogens is 484 g/mol. The molecule has 0 spiro atoms. The summed E-state index contributed by atoms with van der Waals surface area (Å²) in [4.78, 5) is 13.0. The number of carbonyl (C=O) groups is 1. The van der Waals surface area contributed by atoms with Crippen molar-refractivity contribution in [3.05, 3.63) is 47.0 Å². The first-order chi connectivity index (χ1) is 18.5. The van der Waals surface area contributed by atoms with Gasteiger partial charge in [0.15, 0.2) is 0 Å². The molecule has 216 valence electrons. The Hall–Kier alpha value is -1.65. The van der Waals surface area contributed by atoms with E-state index < -0.39 is 5.79 Å². The Bertz CT molecular complexity index is 1060. The standard InChI is InChI=1S/C35H52O4/c1-23(2)11-10-12-24(3)29-21-30(36)31-27-16-15-26-22-35(38-6,39-32(37)25-13-8-7-9-14-25)20-19-33(26,4)28(27)17-18-34(29,31)5/h7-9,13-14,23-24,26,28-30,36H,10-12,15-22H2,1-6H3/t24-,26?,28+,29-,30?,33+,34-,35?/m1/s1. The van der Waals surface area contributed by atoms with E-state index in [1.165, 1.54) is 37.7 Å². The number of hydrogen-bond donors (Lipinski definition) is 1. The average Bonchev–Trinajstić information content (AvgIpc) is 3.19. The number of fused-ring (bicyclic) bond motifs is 4. The van der Waals surface area contributed by atoms with E-state index in [1.807, 2.05) is 30.3 Å². The normalized spacial score (nSPS) is 38.7. The van der Waals surface area contributed by atoms with Gasteiger partial charge in [-0.2, -0.15) is 0 Å². The number of carbonyl (C=O) groups excluding carboxylic acids is 1. The van der Waals surface area contributed by atoms with E-state index in [2.05, 4.69) is 34.6 Å². The van der Waals surface area contributed by atoms with Crippen LogP contribution in [-0.2, 0) is 9.47 Å². The topological polar surface area (TPSA) is 55.8 Å². The van der Waals surface area contributed by atoms with Gasteiger partial charge in [-0.15, -0.1) is 0 Å². The van der Waals surface area contributed by atoms with E-state index in [4.69, 9.17) is 9.47 Å². The quantitative estimate of drug-likeness (QED) is 0.206. The largest absolute Gasteiger partial charge is 0.429 e. The Kier molecular flexibility index (Phi) is 8.12. The van der Waals surface area contributed by atoms with Gasteiger partial charge in [0.05, 0.1) is 11.7 Å². The van der Waals surface area contributed by atoms with Crippen molar-refractivity contribution >= 4 is 5.97 Å². The van der Waals surface area contributed by atoms with Gasteiger partial charge in [-0.25, -0.2) is 4.79 Å². The second kappa shape index (κ2) is 11.0. The molecule has 1 aromatic carbocycles. The van der Waals surface area contributed by atoms with Crippen molar-refractivity contribution in [1.82, 2.24) is 0 Å². The average molecular weight is 537 g/mol. The number of aliphatic hydroxyl groups excluding tert-OH is 1. The molecule has 0 heterocycles. The van der Waals surface area contributed by atoms with E-state index >= 15 is 0 Å². The van der Waals surface area contributed by atoms with Crippen LogP contribution in [0.25, 0.3) is 0 Å². The Morgan fingerprint density at radius 2 is 1.79 bits per heavy atom. The predicted molar refractivity (Wildman–Crippen MR) is 156 cm³/mol. The molecule has 39 heavy (non-hydrogen) atoms. The minimum Gasteiger partial charge on any atom is -0.429 e. The number of allylic oxidation sites excluding steroid dienone is 1. The van der Waals surface area contributed by atoms with Crippen molar-refractivity contribution < 1.29 is 19.4 Å². The molecule has 3 saturated carbocycles. The third-order valence-corrected chi connectivity index (χ3v) is 11.8. The van der Waals surface area contributed by atoms with Gasteiger partial charge in [-0.1, -0.05) is 77.7 Å². The molecular formula is C35H52O4. The zero-order chi connectivity index (χ0) is 28.0. The Morgan fingerprint density at radius 3 is 2.49 bits per heavy atom. The molecule has 3 unspecified atom stereocenters. The fraction of sp³-hybridized carbons (Fsp3) is 0.743. The van der Waals surface area contributed by atoms with Gasteiger partial charge in [0, 0.05) is 20.0 Å². The van der Waals surface area contributed by atoms with Crippen molar-refractivity contribution in [3.8, 4) is 0 Å². The summed E-state index contributed by atoms with van der Waals surface area (Å²) in [6, 6.07) is 9.27. The van der Waals surface area contributed by atoms with Crippen molar-refractivity contribution in [2.75, 3.05) is 7.11 Å². The maximum atomic E-state index is 13.0. The molecule has 3 fully saturated rings. The molecule has 0 aliphatic heterocycles. The summed E-state index contributed by atoms with van der Waals surface area (Å²) >= 11 is 0. The molecule has 0 saturated heterocycles. The van der Waals surface area contributed by atoms with Crippen molar-refractivity contribution in [2.24, 2.45) is 40.4 Å². The number of methoxy groups -OCH3 is 1. The lowest BCUT2D eigenvalue weighted by molar-refractivity contribution is -0.236. The monoisotopic (exact) mass is 536 g/mol. The van der Waals surface area contributed by atoms with E-state index in [0.717, 1.165) is 44.4 Å². The van der Waals surface area contributed by atoms with Crippen LogP contribution in [0.2, 0.25) is 0 Å². The highest BCUT2D eigenvalue weighted by molar-refractivity contribution is 5.89. The smallest absolute Gasteiger partial charge is 0.340 e. The van der Waals surface area contributed by atoms with Gasteiger partial charge in [0.2, 0.25) is 5.79 Å². The van der Waals surface area contributed by atoms with Gasteiger partial charge in [-0.05, 0) is 96.7 Å². The van der Waals surface area contributed by atoms with Gasteiger partial charge in [0.1, 0.15) is 0 Å². The summed E-state index contributed by atoms with van der Waals surface area (Å²) in [6.07, 6.45) is 11.5. The third-order valence-electron chi connectivity index (χ3n) is 11.8. The molecule has 5 rings (SSSR count). The van der Waals surface area contributed by atoms with E-state index in [-0.39, 0.29) is 22.9 Å². The molecule has 1 aromatic rings. The van der Waals surface area contributed by atoms with Crippen LogP contribution in [-0.4, -0.2) is 30.1 Å². The molecule has 4 aliphatic carbocycles. The summed E-state index contributed by atoms with van der Waals surface area (Å²) < 4.78 is 12.1. The molecule has 4 heteroatoms. The third kappa shape index (κ3) is 5.14. The lowest BCUT2D eigenvalue weighted by Crippen LogP contribution is -2.53. The zero-order valence-corrected chi connectivity index (χ0v) is 25.3. The number of hydrogen-bond acceptors (Lipinski definition) is 4. The molecule has 8 atom stereocenters. The van der Waals surface area contributed by atoms with Gasteiger partial charge >= 0.3 is 5.97 Å². The van der Waals surface area contributed by atoms with Crippen molar-refractivity contribution in [3.63, 3.8) is 0 Å². The summed E-state index contributed by atoms with van der Waals surface area (Å²) in [5.41, 5.74) is 3.90. The van der Waals surface area contributed by atoms with Crippen molar-refractivity contribution in [1.29, 1.82) is 0 Å². The number of esters is 1. The van der Waals surface area contributed by atoms with Gasteiger partial charge in [0.25, 0.3) is 0 Å². The highest BCUT2D eigenvalue weighted by Gasteiger charge is 2.60. The van der Waals surface area contributed by atoms with Crippen LogP contribution in [0, 0.1) is 40.4 Å². The first-order valence-electron chi connectivity index (χ1n) is 15.8. The van der Waals surface area contributed by atoms with Crippen LogP contribution in [0.4, 0.5) is 0 Å². The van der Waals surface area contributed by atoms with Crippen LogP contribution >= 0.6 is 0 Å². The molecule has 4 nitrogen and oxygen atoms in total. The summed E-state index contributed by atoms with van der Waals surface area (Å²) in [6.45, 7) is 12.1. The first-order valence-corrected chi connectivity index (χ1v) is 15.8. The molecule has 0 amide bonds. The van der Waals surface area contributed by atoms with Gasteiger partial charge < -0.3 is 14.6 Å². The van der Waals surface area contributed by atoms with E-state index in [9.17, 15) is 9.90 Å². The SMILES string of the molecule is COC1(OC(=O)c2ccccc2)CC[C@@]2(C)C(CCC3=C4C(O)C[C@H]([C@H](C)CCCC(C)C)[C@@]4(C)CC[C@@H]32)C1. The highest BCUT2D eigenvalue weighted by atomic mass is 16.7. The Balaban J connectivity index is 1.34. The number of rotatable bonds is 8. The fourth-order valence-electron chi connectivity index (χ4n) is 9.57. The lowest BCUT2D eigenvalue weighted by Gasteiger charge is -2.58. The molecule has 4 aliphatic rings. The zero-order valence-electron chi connectivity index (χ0n) is 25.3. The minimum atomic E-state index is -0.853. The van der Waals surface area contributed by atoms with E-state index in [1.54, 1.807) is 12.7 Å². The molecule has 0 bridgehead atoms. The lowest BCUT2D eigenvalue weighted by atomic mass is 9.48. The maximum Gasteiger partial charge on any atom is 0.340 e. The number of benzene rings is 1. The Morgan fingerprint density at radius 1 is 1.05 bits per heavy atom. The number of ether oxygens (including phenoxy) is 2. The van der Waals surface area contributed by atoms with Gasteiger partial charge in [-0.3, -0.25) is 0 Å². The fourth-order valence-corrected chi connectivity index (χ4v) is 9.57. The van der Waals surface area contributed by atoms with Crippen LogP contribution in [0.15, 0.2) is 41.5 Å². The number of aliphatic hydroxyl groups is 1. The minimum absolute atomic E-state index is 0.141. The van der Waals surface area contributed by atoms with Crippen LogP contribution in [0.3, 0.4) is 0 Å². The van der Waals surface area contributed by atoms with Crippen LogP contribution in [0.5, 0.6) is 0 Å². The van der Waals surface area contributed by atoms with Crippen LogP contribution in [0.1, 0.15) is 116 Å². The van der Waals surface area contributed by atoms with Crippen molar-refractivity contribution in [2.45, 2.75) is 117 Å². The molecule has 0 radical (unpaired) electrons. The molecule has 0 aromatic heterocycles.